The largest absolute Gasteiger partial charge is 0.419 e. The number of nitrogens with zero attached hydrogens (tertiary/aromatic N) is 2. The third-order valence-electron chi connectivity index (χ3n) is 2.47. The molecule has 0 bridgehead atoms. The molecule has 1 heterocycles. The van der Waals surface area contributed by atoms with E-state index >= 15 is 0 Å². The van der Waals surface area contributed by atoms with Gasteiger partial charge in [-0.25, -0.2) is 0 Å². The van der Waals surface area contributed by atoms with E-state index in [9.17, 15) is 13.2 Å². The first-order chi connectivity index (χ1) is 8.95. The lowest BCUT2D eigenvalue weighted by Crippen LogP contribution is -2.11. The second kappa shape index (κ2) is 5.64. The topological polar surface area (TPSA) is 29.9 Å². The van der Waals surface area contributed by atoms with Crippen molar-refractivity contribution in [2.75, 3.05) is 11.9 Å². The van der Waals surface area contributed by atoms with E-state index in [1.807, 2.05) is 24.3 Å². The lowest BCUT2D eigenvalue weighted by atomic mass is 10.3. The minimum atomic E-state index is -4.34. The Bertz CT molecular complexity index is 534. The van der Waals surface area contributed by atoms with Crippen LogP contribution < -0.4 is 5.32 Å². The zero-order valence-corrected chi connectivity index (χ0v) is 11.4. The van der Waals surface area contributed by atoms with Crippen molar-refractivity contribution in [2.24, 2.45) is 0 Å². The Balaban J connectivity index is 1.86. The highest BCUT2D eigenvalue weighted by atomic mass is 79.9. The second-order valence-electron chi connectivity index (χ2n) is 3.92. The van der Waals surface area contributed by atoms with Gasteiger partial charge in [-0.15, -0.1) is 0 Å². The van der Waals surface area contributed by atoms with Crippen LogP contribution in [0.2, 0.25) is 0 Å². The lowest BCUT2D eigenvalue weighted by Gasteiger charge is -2.06. The van der Waals surface area contributed by atoms with Crippen LogP contribution >= 0.6 is 15.9 Å². The van der Waals surface area contributed by atoms with E-state index < -0.39 is 11.7 Å². The first-order valence-electron chi connectivity index (χ1n) is 5.54. The van der Waals surface area contributed by atoms with Crippen LogP contribution in [0.4, 0.5) is 18.9 Å². The van der Waals surface area contributed by atoms with Crippen molar-refractivity contribution in [3.63, 3.8) is 0 Å². The van der Waals surface area contributed by atoms with Gasteiger partial charge < -0.3 is 5.32 Å². The molecule has 1 N–H and O–H groups in total. The minimum Gasteiger partial charge on any atom is -0.383 e. The third-order valence-corrected chi connectivity index (χ3v) is 3.00. The van der Waals surface area contributed by atoms with Crippen molar-refractivity contribution in [3.05, 3.63) is 46.7 Å². The molecular formula is C12H11BrF3N3. The molecule has 0 saturated heterocycles. The number of hydrogen-bond acceptors (Lipinski definition) is 2. The Morgan fingerprint density at radius 3 is 2.47 bits per heavy atom. The highest BCUT2D eigenvalue weighted by Crippen LogP contribution is 2.28. The van der Waals surface area contributed by atoms with Crippen LogP contribution in [-0.4, -0.2) is 16.3 Å². The summed E-state index contributed by atoms with van der Waals surface area (Å²) in [6.45, 7) is 0.868. The smallest absolute Gasteiger partial charge is 0.383 e. The molecule has 1 aromatic heterocycles. The first kappa shape index (κ1) is 13.9. The molecule has 2 aromatic rings. The van der Waals surface area contributed by atoms with Gasteiger partial charge in [0.1, 0.15) is 0 Å². The van der Waals surface area contributed by atoms with Crippen molar-refractivity contribution in [3.8, 4) is 0 Å². The molecule has 102 valence electrons. The summed E-state index contributed by atoms with van der Waals surface area (Å²) in [7, 11) is 0. The Morgan fingerprint density at radius 2 is 1.89 bits per heavy atom. The number of nitrogens with one attached hydrogen (secondary N) is 1. The molecule has 0 saturated carbocycles. The monoisotopic (exact) mass is 333 g/mol. The van der Waals surface area contributed by atoms with E-state index in [1.54, 1.807) is 0 Å². The molecule has 0 aliphatic rings. The van der Waals surface area contributed by atoms with Crippen LogP contribution in [0.5, 0.6) is 0 Å². The van der Waals surface area contributed by atoms with E-state index in [0.29, 0.717) is 13.1 Å². The number of halogens is 4. The van der Waals surface area contributed by atoms with Gasteiger partial charge in [0.2, 0.25) is 0 Å². The van der Waals surface area contributed by atoms with E-state index in [2.05, 4.69) is 26.3 Å². The third kappa shape index (κ3) is 3.99. The highest BCUT2D eigenvalue weighted by Gasteiger charge is 2.32. The maximum Gasteiger partial charge on any atom is 0.419 e. The zero-order chi connectivity index (χ0) is 13.9. The van der Waals surface area contributed by atoms with Gasteiger partial charge in [0.15, 0.2) is 0 Å². The summed E-state index contributed by atoms with van der Waals surface area (Å²) in [5.41, 5.74) is 0.183. The van der Waals surface area contributed by atoms with Gasteiger partial charge in [-0.2, -0.15) is 18.3 Å². The Kier molecular flexibility index (Phi) is 4.14. The van der Waals surface area contributed by atoms with E-state index in [0.717, 1.165) is 22.6 Å². The van der Waals surface area contributed by atoms with E-state index in [-0.39, 0.29) is 0 Å². The van der Waals surface area contributed by atoms with Gasteiger partial charge >= 0.3 is 6.18 Å². The maximum atomic E-state index is 12.4. The number of benzene rings is 1. The van der Waals surface area contributed by atoms with Crippen molar-refractivity contribution in [1.29, 1.82) is 0 Å². The maximum absolute atomic E-state index is 12.4. The second-order valence-corrected chi connectivity index (χ2v) is 4.84. The Morgan fingerprint density at radius 1 is 1.21 bits per heavy atom. The van der Waals surface area contributed by atoms with Gasteiger partial charge in [0, 0.05) is 22.9 Å². The molecule has 0 amide bonds. The standard InChI is InChI=1S/C12H11BrF3N3/c13-10-1-3-11(4-2-10)17-5-6-19-8-9(7-18-19)12(14,15)16/h1-4,7-8,17H,5-6H2. The molecule has 19 heavy (non-hydrogen) atoms. The van der Waals surface area contributed by atoms with E-state index in [1.165, 1.54) is 4.68 Å². The summed E-state index contributed by atoms with van der Waals surface area (Å²) in [6.07, 6.45) is -2.50. The zero-order valence-electron chi connectivity index (χ0n) is 9.78. The van der Waals surface area contributed by atoms with Crippen LogP contribution in [0.25, 0.3) is 0 Å². The first-order valence-corrected chi connectivity index (χ1v) is 6.33. The fourth-order valence-corrected chi connectivity index (χ4v) is 1.78. The molecule has 0 radical (unpaired) electrons. The quantitative estimate of drug-likeness (QED) is 0.922. The summed E-state index contributed by atoms with van der Waals surface area (Å²) in [5, 5.41) is 6.78. The molecule has 0 unspecified atom stereocenters. The van der Waals surface area contributed by atoms with E-state index in [4.69, 9.17) is 0 Å². The lowest BCUT2D eigenvalue weighted by molar-refractivity contribution is -0.137. The molecule has 3 nitrogen and oxygen atoms in total. The number of anilines is 1. The van der Waals surface area contributed by atoms with Gasteiger partial charge in [-0.3, -0.25) is 4.68 Å². The molecule has 0 atom stereocenters. The summed E-state index contributed by atoms with van der Waals surface area (Å²) < 4.78 is 39.3. The molecule has 1 aromatic carbocycles. The number of rotatable bonds is 4. The average Bonchev–Trinajstić information content (AvgIpc) is 2.80. The SMILES string of the molecule is FC(F)(F)c1cnn(CCNc2ccc(Br)cc2)c1. The normalized spacial score (nSPS) is 11.6. The fraction of sp³-hybridized carbons (Fsp3) is 0.250. The number of alkyl halides is 3. The van der Waals surface area contributed by atoms with Crippen LogP contribution in [0.3, 0.4) is 0 Å². The van der Waals surface area contributed by atoms with Gasteiger partial charge in [0.05, 0.1) is 18.3 Å². The predicted octanol–water partition coefficient (Wildman–Crippen LogP) is 3.78. The van der Waals surface area contributed by atoms with Crippen molar-refractivity contribution in [2.45, 2.75) is 12.7 Å². The Labute approximate surface area is 116 Å². The summed E-state index contributed by atoms with van der Waals surface area (Å²) in [5.74, 6) is 0. The van der Waals surface area contributed by atoms with Crippen molar-refractivity contribution < 1.29 is 13.2 Å². The summed E-state index contributed by atoms with van der Waals surface area (Å²) in [6, 6.07) is 7.54. The van der Waals surface area contributed by atoms with Crippen LogP contribution in [0.15, 0.2) is 41.1 Å². The minimum absolute atomic E-state index is 0.367. The Hall–Kier alpha value is -1.50. The number of hydrogen-bond donors (Lipinski definition) is 1. The van der Waals surface area contributed by atoms with Crippen molar-refractivity contribution in [1.82, 2.24) is 9.78 Å². The molecule has 0 spiro atoms. The van der Waals surface area contributed by atoms with Gasteiger partial charge in [-0.05, 0) is 24.3 Å². The fourth-order valence-electron chi connectivity index (χ4n) is 1.51. The van der Waals surface area contributed by atoms with Crippen LogP contribution in [0.1, 0.15) is 5.56 Å². The molecule has 0 fully saturated rings. The summed E-state index contributed by atoms with van der Waals surface area (Å²) in [4.78, 5) is 0. The van der Waals surface area contributed by atoms with Gasteiger partial charge in [-0.1, -0.05) is 15.9 Å². The molecule has 0 aliphatic carbocycles. The van der Waals surface area contributed by atoms with Crippen LogP contribution in [0, 0.1) is 0 Å². The molecular weight excluding hydrogens is 323 g/mol. The molecule has 0 aliphatic heterocycles. The average molecular weight is 334 g/mol. The van der Waals surface area contributed by atoms with Gasteiger partial charge in [0.25, 0.3) is 0 Å². The highest BCUT2D eigenvalue weighted by molar-refractivity contribution is 9.10. The van der Waals surface area contributed by atoms with Crippen molar-refractivity contribution >= 4 is 21.6 Å². The van der Waals surface area contributed by atoms with Crippen LogP contribution in [-0.2, 0) is 12.7 Å². The predicted molar refractivity (Wildman–Crippen MR) is 69.9 cm³/mol. The molecule has 2 rings (SSSR count). The number of aromatic nitrogens is 2. The summed E-state index contributed by atoms with van der Waals surface area (Å²) >= 11 is 3.32. The molecule has 7 heteroatoms.